The number of H-pyrrole nitrogens is 1. The highest BCUT2D eigenvalue weighted by atomic mass is 32.1. The Balaban J connectivity index is 2.85. The molecule has 0 aromatic carbocycles. The summed E-state index contributed by atoms with van der Waals surface area (Å²) in [5.41, 5.74) is 1.21. The second kappa shape index (κ2) is 2.74. The number of hydrogen-bond donors (Lipinski definition) is 3. The van der Waals surface area contributed by atoms with Crippen molar-refractivity contribution in [1.29, 1.82) is 0 Å². The lowest BCUT2D eigenvalue weighted by atomic mass is 10.4. The van der Waals surface area contributed by atoms with Crippen molar-refractivity contribution in [2.24, 2.45) is 0 Å². The maximum absolute atomic E-state index is 10.8. The molecule has 4 nitrogen and oxygen atoms in total. The van der Waals surface area contributed by atoms with E-state index < -0.39 is 0 Å². The van der Waals surface area contributed by atoms with Crippen LogP contribution >= 0.6 is 12.8 Å². The minimum Gasteiger partial charge on any atom is -0.297 e. The van der Waals surface area contributed by atoms with Crippen LogP contribution in [0.4, 0.5) is 0 Å². The largest absolute Gasteiger partial charge is 0.297 e. The molecule has 1 aromatic rings. The topological polar surface area (TPSA) is 57.8 Å². The van der Waals surface area contributed by atoms with Gasteiger partial charge in [0.1, 0.15) is 0 Å². The number of aromatic nitrogens is 2. The third-order valence-electron chi connectivity index (χ3n) is 1.04. The van der Waals surface area contributed by atoms with Crippen LogP contribution in [0.25, 0.3) is 0 Å². The van der Waals surface area contributed by atoms with Crippen molar-refractivity contribution >= 4 is 18.7 Å². The predicted molar refractivity (Wildman–Crippen MR) is 39.8 cm³/mol. The number of nitrogens with zero attached hydrogens (tertiary/aromatic N) is 1. The zero-order valence-corrected chi connectivity index (χ0v) is 6.27. The molecule has 0 unspecified atom stereocenters. The van der Waals surface area contributed by atoms with Gasteiger partial charge in [-0.3, -0.25) is 14.6 Å². The molecule has 0 fully saturated rings. The summed E-state index contributed by atoms with van der Waals surface area (Å²) in [6.07, 6.45) is 0. The second-order valence-corrected chi connectivity index (χ2v) is 2.10. The Morgan fingerprint density at radius 3 is 3.00 bits per heavy atom. The van der Waals surface area contributed by atoms with Crippen LogP contribution in [-0.2, 0) is 0 Å². The molecule has 1 rings (SSSR count). The summed E-state index contributed by atoms with van der Waals surface area (Å²) < 4.78 is 2.17. The number of carbonyl (C=O) groups excluding carboxylic acids is 1. The second-order valence-electron chi connectivity index (χ2n) is 1.88. The Kier molecular flexibility index (Phi) is 1.96. The molecule has 0 saturated carbocycles. The van der Waals surface area contributed by atoms with Crippen LogP contribution < -0.4 is 4.72 Å². The molecule has 0 bridgehead atoms. The van der Waals surface area contributed by atoms with Gasteiger partial charge in [-0.05, 0) is 13.0 Å². The summed E-state index contributed by atoms with van der Waals surface area (Å²) in [6.45, 7) is 1.82. The number of nitrogens with one attached hydrogen (secondary N) is 2. The number of rotatable bonds is 1. The van der Waals surface area contributed by atoms with Crippen LogP contribution in [0.1, 0.15) is 16.2 Å². The van der Waals surface area contributed by atoms with Crippen molar-refractivity contribution in [2.45, 2.75) is 6.92 Å². The quantitative estimate of drug-likeness (QED) is 0.513. The van der Waals surface area contributed by atoms with Gasteiger partial charge < -0.3 is 0 Å². The lowest BCUT2D eigenvalue weighted by Crippen LogP contribution is -2.12. The maximum atomic E-state index is 10.8. The molecule has 5 heteroatoms. The average molecular weight is 157 g/mol. The van der Waals surface area contributed by atoms with E-state index in [4.69, 9.17) is 0 Å². The highest BCUT2D eigenvalue weighted by Crippen LogP contribution is 1.96. The van der Waals surface area contributed by atoms with Crippen molar-refractivity contribution in [1.82, 2.24) is 14.9 Å². The standard InChI is InChI=1S/C5H7N3OS/c1-3-2-4(7-6-3)5(9)8-10/h2,10H,1H3,(H,6,7)(H,8,9). The molecule has 0 spiro atoms. The zero-order chi connectivity index (χ0) is 7.56. The zero-order valence-electron chi connectivity index (χ0n) is 5.38. The van der Waals surface area contributed by atoms with E-state index in [0.717, 1.165) is 5.69 Å². The third-order valence-corrected chi connectivity index (χ3v) is 1.24. The van der Waals surface area contributed by atoms with Crippen LogP contribution in [0.2, 0.25) is 0 Å². The first-order chi connectivity index (χ1) is 4.74. The fourth-order valence-electron chi connectivity index (χ4n) is 0.592. The minimum atomic E-state index is -0.298. The number of amides is 1. The van der Waals surface area contributed by atoms with Gasteiger partial charge in [0.2, 0.25) is 0 Å². The molecule has 1 amide bonds. The summed E-state index contributed by atoms with van der Waals surface area (Å²) in [4.78, 5) is 10.8. The van der Waals surface area contributed by atoms with Crippen LogP contribution in [0.3, 0.4) is 0 Å². The SMILES string of the molecule is Cc1cc(C(=O)NS)n[nH]1. The molecule has 0 saturated heterocycles. The van der Waals surface area contributed by atoms with E-state index in [9.17, 15) is 4.79 Å². The van der Waals surface area contributed by atoms with E-state index in [1.54, 1.807) is 6.07 Å². The summed E-state index contributed by atoms with van der Waals surface area (Å²) in [5, 5.41) is 6.34. The number of aromatic amines is 1. The van der Waals surface area contributed by atoms with Crippen molar-refractivity contribution in [2.75, 3.05) is 0 Å². The Morgan fingerprint density at radius 2 is 2.60 bits per heavy atom. The van der Waals surface area contributed by atoms with Gasteiger partial charge in [-0.15, -0.1) is 0 Å². The number of hydrogen-bond acceptors (Lipinski definition) is 3. The van der Waals surface area contributed by atoms with Crippen molar-refractivity contribution in [3.8, 4) is 0 Å². The number of thiol groups is 1. The predicted octanol–water partition coefficient (Wildman–Crippen LogP) is 0.293. The Hall–Kier alpha value is -0.970. The molecule has 0 aliphatic carbocycles. The van der Waals surface area contributed by atoms with Crippen LogP contribution in [-0.4, -0.2) is 16.1 Å². The van der Waals surface area contributed by atoms with Crippen molar-refractivity contribution < 1.29 is 4.79 Å². The summed E-state index contributed by atoms with van der Waals surface area (Å²) >= 11 is 3.58. The Bertz CT molecular complexity index is 245. The fourth-order valence-corrected chi connectivity index (χ4v) is 0.706. The highest BCUT2D eigenvalue weighted by molar-refractivity contribution is 7.78. The average Bonchev–Trinajstić information content (AvgIpc) is 2.34. The van der Waals surface area contributed by atoms with E-state index >= 15 is 0 Å². The molecule has 0 atom stereocenters. The summed E-state index contributed by atoms with van der Waals surface area (Å²) in [6, 6.07) is 1.64. The van der Waals surface area contributed by atoms with E-state index in [1.165, 1.54) is 0 Å². The molecular formula is C5H7N3OS. The van der Waals surface area contributed by atoms with E-state index in [2.05, 4.69) is 27.7 Å². The van der Waals surface area contributed by atoms with Gasteiger partial charge in [-0.1, -0.05) is 12.8 Å². The van der Waals surface area contributed by atoms with Gasteiger partial charge in [0.25, 0.3) is 5.91 Å². The van der Waals surface area contributed by atoms with Gasteiger partial charge in [0.15, 0.2) is 5.69 Å². The molecule has 54 valence electrons. The molecular weight excluding hydrogens is 150 g/mol. The van der Waals surface area contributed by atoms with E-state index in [0.29, 0.717) is 5.69 Å². The smallest absolute Gasteiger partial charge is 0.281 e. The number of aryl methyl sites for hydroxylation is 1. The van der Waals surface area contributed by atoms with Gasteiger partial charge >= 0.3 is 0 Å². The van der Waals surface area contributed by atoms with Crippen molar-refractivity contribution in [3.05, 3.63) is 17.5 Å². The lowest BCUT2D eigenvalue weighted by molar-refractivity contribution is 0.0980. The lowest BCUT2D eigenvalue weighted by Gasteiger charge is -1.88. The van der Waals surface area contributed by atoms with Gasteiger partial charge in [0.05, 0.1) is 0 Å². The van der Waals surface area contributed by atoms with Crippen LogP contribution in [0.5, 0.6) is 0 Å². The van der Waals surface area contributed by atoms with Crippen LogP contribution in [0, 0.1) is 6.92 Å². The normalized spacial score (nSPS) is 9.40. The monoisotopic (exact) mass is 157 g/mol. The Labute approximate surface area is 63.6 Å². The van der Waals surface area contributed by atoms with Gasteiger partial charge in [-0.25, -0.2) is 0 Å². The summed E-state index contributed by atoms with van der Waals surface area (Å²) in [5.74, 6) is -0.298. The fraction of sp³-hybridized carbons (Fsp3) is 0.200. The first-order valence-corrected chi connectivity index (χ1v) is 3.15. The number of carbonyl (C=O) groups is 1. The Morgan fingerprint density at radius 1 is 1.90 bits per heavy atom. The minimum absolute atomic E-state index is 0.298. The first kappa shape index (κ1) is 7.14. The molecule has 1 aromatic heterocycles. The molecule has 0 radical (unpaired) electrons. The molecule has 2 N–H and O–H groups in total. The van der Waals surface area contributed by atoms with E-state index in [-0.39, 0.29) is 5.91 Å². The first-order valence-electron chi connectivity index (χ1n) is 2.70. The molecule has 10 heavy (non-hydrogen) atoms. The van der Waals surface area contributed by atoms with E-state index in [1.807, 2.05) is 6.92 Å². The molecule has 0 aliphatic rings. The summed E-state index contributed by atoms with van der Waals surface area (Å²) in [7, 11) is 0. The highest BCUT2D eigenvalue weighted by Gasteiger charge is 2.05. The molecule has 0 aliphatic heterocycles. The third kappa shape index (κ3) is 1.30. The molecule has 1 heterocycles. The van der Waals surface area contributed by atoms with Crippen molar-refractivity contribution in [3.63, 3.8) is 0 Å². The van der Waals surface area contributed by atoms with Gasteiger partial charge in [0, 0.05) is 5.69 Å². The maximum Gasteiger partial charge on any atom is 0.281 e. The van der Waals surface area contributed by atoms with Crippen LogP contribution in [0.15, 0.2) is 6.07 Å². The van der Waals surface area contributed by atoms with Gasteiger partial charge in [-0.2, -0.15) is 5.10 Å².